The average molecular weight is 296 g/mol. The topological polar surface area (TPSA) is 35.2 Å². The first kappa shape index (κ1) is 13.8. The van der Waals surface area contributed by atoms with Crippen molar-refractivity contribution < 1.29 is 9.13 Å². The summed E-state index contributed by atoms with van der Waals surface area (Å²) in [4.78, 5) is 0.243. The van der Waals surface area contributed by atoms with E-state index < -0.39 is 5.82 Å². The van der Waals surface area contributed by atoms with Crippen LogP contribution < -0.4 is 10.5 Å². The molecule has 0 heterocycles. The molecule has 98 valence electrons. The monoisotopic (exact) mass is 295 g/mol. The molecule has 0 saturated heterocycles. The minimum Gasteiger partial charge on any atom is -0.488 e. The molecule has 0 amide bonds. The van der Waals surface area contributed by atoms with E-state index in [1.165, 1.54) is 6.07 Å². The first-order valence-electron chi connectivity index (χ1n) is 5.53. The smallest absolute Gasteiger partial charge is 0.131 e. The molecule has 2 nitrogen and oxygen atoms in total. The van der Waals surface area contributed by atoms with Crippen molar-refractivity contribution in [2.24, 2.45) is 5.73 Å². The second-order valence-corrected chi connectivity index (χ2v) is 4.76. The lowest BCUT2D eigenvalue weighted by atomic mass is 10.2. The fraction of sp³-hybridized carbons (Fsp3) is 0.0714. The van der Waals surface area contributed by atoms with Gasteiger partial charge in [0.25, 0.3) is 0 Å². The SMILES string of the molecule is NC(=S)c1ccccc1OCc1ccc(Cl)cc1F. The van der Waals surface area contributed by atoms with E-state index >= 15 is 0 Å². The second kappa shape index (κ2) is 5.99. The lowest BCUT2D eigenvalue weighted by molar-refractivity contribution is 0.299. The normalized spacial score (nSPS) is 10.2. The molecule has 0 atom stereocenters. The van der Waals surface area contributed by atoms with Crippen molar-refractivity contribution in [2.75, 3.05) is 0 Å². The van der Waals surface area contributed by atoms with Gasteiger partial charge in [0.1, 0.15) is 23.2 Å². The second-order valence-electron chi connectivity index (χ2n) is 3.88. The lowest BCUT2D eigenvalue weighted by Crippen LogP contribution is -2.11. The number of rotatable bonds is 4. The van der Waals surface area contributed by atoms with Gasteiger partial charge in [-0.25, -0.2) is 4.39 Å². The van der Waals surface area contributed by atoms with Gasteiger partial charge in [-0.3, -0.25) is 0 Å². The summed E-state index contributed by atoms with van der Waals surface area (Å²) in [5.41, 5.74) is 6.64. The predicted molar refractivity (Wildman–Crippen MR) is 78.1 cm³/mol. The zero-order valence-electron chi connectivity index (χ0n) is 9.90. The van der Waals surface area contributed by atoms with E-state index in [1.54, 1.807) is 30.3 Å². The van der Waals surface area contributed by atoms with Crippen LogP contribution in [0.2, 0.25) is 5.02 Å². The Balaban J connectivity index is 2.17. The molecular formula is C14H11ClFNOS. The van der Waals surface area contributed by atoms with Gasteiger partial charge in [0, 0.05) is 10.6 Å². The highest BCUT2D eigenvalue weighted by molar-refractivity contribution is 7.80. The van der Waals surface area contributed by atoms with E-state index in [-0.39, 0.29) is 11.6 Å². The Kier molecular flexibility index (Phi) is 4.35. The van der Waals surface area contributed by atoms with E-state index in [4.69, 9.17) is 34.3 Å². The number of thiocarbonyl (C=S) groups is 1. The molecule has 0 aliphatic rings. The van der Waals surface area contributed by atoms with Crippen LogP contribution in [0.15, 0.2) is 42.5 Å². The van der Waals surface area contributed by atoms with Gasteiger partial charge in [0.2, 0.25) is 0 Å². The molecular weight excluding hydrogens is 285 g/mol. The number of nitrogens with two attached hydrogens (primary N) is 1. The molecule has 2 aromatic carbocycles. The maximum absolute atomic E-state index is 13.6. The van der Waals surface area contributed by atoms with E-state index in [1.807, 2.05) is 6.07 Å². The standard InChI is InChI=1S/C14H11ClFNOS/c15-10-6-5-9(12(16)7-10)8-18-13-4-2-1-3-11(13)14(17)19/h1-7H,8H2,(H2,17,19). The van der Waals surface area contributed by atoms with Gasteiger partial charge in [-0.15, -0.1) is 0 Å². The summed E-state index contributed by atoms with van der Waals surface area (Å²) in [6.45, 7) is 0.0859. The Morgan fingerprint density at radius 2 is 2.00 bits per heavy atom. The first-order valence-corrected chi connectivity index (χ1v) is 6.32. The molecule has 0 saturated carbocycles. The summed E-state index contributed by atoms with van der Waals surface area (Å²) in [6.07, 6.45) is 0. The van der Waals surface area contributed by atoms with Crippen LogP contribution in [0, 0.1) is 5.82 Å². The Morgan fingerprint density at radius 1 is 1.26 bits per heavy atom. The number of para-hydroxylation sites is 1. The van der Waals surface area contributed by atoms with Crippen LogP contribution in [0.5, 0.6) is 5.75 Å². The third-order valence-electron chi connectivity index (χ3n) is 2.55. The van der Waals surface area contributed by atoms with E-state index in [2.05, 4.69) is 0 Å². The van der Waals surface area contributed by atoms with Crippen molar-refractivity contribution in [1.29, 1.82) is 0 Å². The quantitative estimate of drug-likeness (QED) is 0.874. The van der Waals surface area contributed by atoms with E-state index in [9.17, 15) is 4.39 Å². The Hall–Kier alpha value is -1.65. The highest BCUT2D eigenvalue weighted by atomic mass is 35.5. The molecule has 0 aliphatic carbocycles. The number of halogens is 2. The molecule has 5 heteroatoms. The van der Waals surface area contributed by atoms with Crippen LogP contribution in [0.3, 0.4) is 0 Å². The van der Waals surface area contributed by atoms with Gasteiger partial charge >= 0.3 is 0 Å². The number of hydrogen-bond donors (Lipinski definition) is 1. The zero-order valence-corrected chi connectivity index (χ0v) is 11.5. The van der Waals surface area contributed by atoms with Crippen LogP contribution in [0.1, 0.15) is 11.1 Å². The summed E-state index contributed by atoms with van der Waals surface area (Å²) in [6, 6.07) is 11.6. The van der Waals surface area contributed by atoms with Crippen molar-refractivity contribution >= 4 is 28.8 Å². The molecule has 0 spiro atoms. The van der Waals surface area contributed by atoms with Crippen molar-refractivity contribution in [2.45, 2.75) is 6.61 Å². The minimum atomic E-state index is -0.402. The van der Waals surface area contributed by atoms with Crippen LogP contribution in [-0.4, -0.2) is 4.99 Å². The average Bonchev–Trinajstić information content (AvgIpc) is 2.38. The highest BCUT2D eigenvalue weighted by Crippen LogP contribution is 2.21. The van der Waals surface area contributed by atoms with Gasteiger partial charge in [0.15, 0.2) is 0 Å². The molecule has 0 fully saturated rings. The molecule has 2 N–H and O–H groups in total. The van der Waals surface area contributed by atoms with Crippen LogP contribution >= 0.6 is 23.8 Å². The Labute approximate surface area is 120 Å². The van der Waals surface area contributed by atoms with Gasteiger partial charge < -0.3 is 10.5 Å². The highest BCUT2D eigenvalue weighted by Gasteiger charge is 2.08. The third-order valence-corrected chi connectivity index (χ3v) is 3.01. The molecule has 2 aromatic rings. The fourth-order valence-electron chi connectivity index (χ4n) is 1.59. The van der Waals surface area contributed by atoms with E-state index in [0.717, 1.165) is 0 Å². The third kappa shape index (κ3) is 3.43. The van der Waals surface area contributed by atoms with Crippen molar-refractivity contribution in [3.8, 4) is 5.75 Å². The van der Waals surface area contributed by atoms with Gasteiger partial charge in [-0.1, -0.05) is 42.0 Å². The van der Waals surface area contributed by atoms with Gasteiger partial charge in [-0.05, 0) is 24.3 Å². The summed E-state index contributed by atoms with van der Waals surface area (Å²) in [5, 5.41) is 0.352. The molecule has 19 heavy (non-hydrogen) atoms. The fourth-order valence-corrected chi connectivity index (χ4v) is 1.92. The van der Waals surface area contributed by atoms with E-state index in [0.29, 0.717) is 21.9 Å². The van der Waals surface area contributed by atoms with Crippen molar-refractivity contribution in [3.05, 3.63) is 64.4 Å². The van der Waals surface area contributed by atoms with Crippen LogP contribution in [0.4, 0.5) is 4.39 Å². The number of benzene rings is 2. The van der Waals surface area contributed by atoms with Gasteiger partial charge in [0.05, 0.1) is 5.56 Å². The predicted octanol–water partition coefficient (Wildman–Crippen LogP) is 3.69. The lowest BCUT2D eigenvalue weighted by Gasteiger charge is -2.11. The molecule has 0 unspecified atom stereocenters. The molecule has 0 radical (unpaired) electrons. The first-order chi connectivity index (χ1) is 9.08. The molecule has 0 aliphatic heterocycles. The number of hydrogen-bond acceptors (Lipinski definition) is 2. The summed E-state index contributed by atoms with van der Waals surface area (Å²) >= 11 is 10.6. The summed E-state index contributed by atoms with van der Waals surface area (Å²) < 4.78 is 19.2. The van der Waals surface area contributed by atoms with Crippen LogP contribution in [0.25, 0.3) is 0 Å². The van der Waals surface area contributed by atoms with Gasteiger partial charge in [-0.2, -0.15) is 0 Å². The molecule has 0 bridgehead atoms. The van der Waals surface area contributed by atoms with Crippen molar-refractivity contribution in [3.63, 3.8) is 0 Å². The molecule has 0 aromatic heterocycles. The van der Waals surface area contributed by atoms with Crippen LogP contribution in [-0.2, 0) is 6.61 Å². The largest absolute Gasteiger partial charge is 0.488 e. The zero-order chi connectivity index (χ0) is 13.8. The summed E-state index contributed by atoms with van der Waals surface area (Å²) in [7, 11) is 0. The maximum atomic E-state index is 13.6. The Bertz CT molecular complexity index is 618. The maximum Gasteiger partial charge on any atom is 0.131 e. The van der Waals surface area contributed by atoms with Crippen molar-refractivity contribution in [1.82, 2.24) is 0 Å². The number of ether oxygens (including phenoxy) is 1. The minimum absolute atomic E-state index is 0.0859. The summed E-state index contributed by atoms with van der Waals surface area (Å²) in [5.74, 6) is 0.129. The Morgan fingerprint density at radius 3 is 2.68 bits per heavy atom. The molecule has 2 rings (SSSR count).